The summed E-state index contributed by atoms with van der Waals surface area (Å²) in [6.07, 6.45) is 21.3. The van der Waals surface area contributed by atoms with Crippen molar-refractivity contribution in [3.63, 3.8) is 0 Å². The van der Waals surface area contributed by atoms with E-state index >= 15 is 0 Å². The van der Waals surface area contributed by atoms with Gasteiger partial charge in [-0.1, -0.05) is 114 Å². The molecular weight excluding hydrogens is 358 g/mol. The van der Waals surface area contributed by atoms with E-state index in [-0.39, 0.29) is 0 Å². The van der Waals surface area contributed by atoms with Crippen LogP contribution in [0.25, 0.3) is 0 Å². The van der Waals surface area contributed by atoms with Gasteiger partial charge in [-0.2, -0.15) is 0 Å². The van der Waals surface area contributed by atoms with Crippen molar-refractivity contribution in [2.45, 2.75) is 103 Å². The van der Waals surface area contributed by atoms with Crippen LogP contribution in [0.5, 0.6) is 0 Å². The van der Waals surface area contributed by atoms with Gasteiger partial charge in [0.1, 0.15) is 0 Å². The molecule has 0 aromatic heterocycles. The summed E-state index contributed by atoms with van der Waals surface area (Å²) in [5.74, 6) is 0. The van der Waals surface area contributed by atoms with Gasteiger partial charge in [-0.3, -0.25) is 10.5 Å². The standard InChI is InChI=1S/C24H47N3Si/c28-27-26-22-18-13-11-9-7-5-3-1-2-4-6-8-10-12-17-21-25-23-24-19-15-14-16-20-24/h14-16,19-20,25-27H,1-13,17-18,21-23H2,28H3. The maximum Gasteiger partial charge on any atom is 0.0942 e. The highest BCUT2D eigenvalue weighted by atomic mass is 28.2. The van der Waals surface area contributed by atoms with Crippen LogP contribution in [0, 0.1) is 0 Å². The Balaban J connectivity index is 1.67. The maximum absolute atomic E-state index is 3.55. The van der Waals surface area contributed by atoms with Crippen molar-refractivity contribution in [3.8, 4) is 0 Å². The molecule has 162 valence electrons. The second-order valence-electron chi connectivity index (χ2n) is 8.14. The van der Waals surface area contributed by atoms with Crippen LogP contribution in [-0.2, 0) is 6.54 Å². The summed E-state index contributed by atoms with van der Waals surface area (Å²) < 4.78 is 0. The number of nitrogens with one attached hydrogen (secondary N) is 3. The molecule has 0 heterocycles. The molecule has 0 spiro atoms. The zero-order chi connectivity index (χ0) is 20.0. The van der Waals surface area contributed by atoms with Gasteiger partial charge in [0.05, 0.1) is 10.4 Å². The van der Waals surface area contributed by atoms with Crippen LogP contribution in [0.4, 0.5) is 0 Å². The molecule has 0 saturated heterocycles. The molecule has 0 unspecified atom stereocenters. The minimum absolute atomic E-state index is 1.01. The van der Waals surface area contributed by atoms with Crippen LogP contribution >= 0.6 is 0 Å². The molecule has 0 aliphatic rings. The predicted octanol–water partition coefficient (Wildman–Crippen LogP) is 5.00. The second kappa shape index (κ2) is 21.0. The summed E-state index contributed by atoms with van der Waals surface area (Å²) >= 11 is 0. The van der Waals surface area contributed by atoms with Gasteiger partial charge in [0.25, 0.3) is 0 Å². The van der Waals surface area contributed by atoms with Crippen LogP contribution < -0.4 is 15.8 Å². The molecule has 0 bridgehead atoms. The fraction of sp³-hybridized carbons (Fsp3) is 0.750. The first-order valence-electron chi connectivity index (χ1n) is 12.1. The minimum Gasteiger partial charge on any atom is -0.313 e. The molecule has 4 heteroatoms. The lowest BCUT2D eigenvalue weighted by molar-refractivity contribution is 0.521. The van der Waals surface area contributed by atoms with Gasteiger partial charge in [0.15, 0.2) is 0 Å². The highest BCUT2D eigenvalue weighted by Crippen LogP contribution is 2.13. The summed E-state index contributed by atoms with van der Waals surface area (Å²) in [4.78, 5) is 0. The SMILES string of the molecule is [SiH3]NNCCCCCCCCCCCCCCCCCNCc1ccccc1. The Morgan fingerprint density at radius 2 is 0.964 bits per heavy atom. The number of benzene rings is 1. The van der Waals surface area contributed by atoms with E-state index in [1.165, 1.54) is 102 Å². The van der Waals surface area contributed by atoms with Crippen molar-refractivity contribution in [3.05, 3.63) is 35.9 Å². The van der Waals surface area contributed by atoms with Crippen molar-refractivity contribution in [1.82, 2.24) is 15.8 Å². The molecule has 0 amide bonds. The van der Waals surface area contributed by atoms with Gasteiger partial charge in [0.2, 0.25) is 0 Å². The number of rotatable bonds is 21. The van der Waals surface area contributed by atoms with Gasteiger partial charge < -0.3 is 5.32 Å². The second-order valence-corrected chi connectivity index (χ2v) is 8.64. The summed E-state index contributed by atoms with van der Waals surface area (Å²) in [7, 11) is 1.04. The molecule has 1 rings (SSSR count). The zero-order valence-corrected chi connectivity index (χ0v) is 20.6. The summed E-state index contributed by atoms with van der Waals surface area (Å²) in [5, 5.41) is 6.67. The molecule has 0 radical (unpaired) electrons. The number of unbranched alkanes of at least 4 members (excludes halogenated alkanes) is 14. The molecular formula is C24H47N3Si. The van der Waals surface area contributed by atoms with Crippen LogP contribution in [-0.4, -0.2) is 23.5 Å². The van der Waals surface area contributed by atoms with E-state index in [0.717, 1.165) is 30.0 Å². The molecule has 1 aromatic carbocycles. The van der Waals surface area contributed by atoms with Crippen molar-refractivity contribution in [2.75, 3.05) is 13.1 Å². The van der Waals surface area contributed by atoms with E-state index in [2.05, 4.69) is 46.2 Å². The van der Waals surface area contributed by atoms with Crippen LogP contribution in [0.15, 0.2) is 30.3 Å². The highest BCUT2D eigenvalue weighted by molar-refractivity contribution is 6.03. The molecule has 1 aromatic rings. The van der Waals surface area contributed by atoms with E-state index in [1.807, 2.05) is 0 Å². The van der Waals surface area contributed by atoms with E-state index in [0.29, 0.717) is 0 Å². The van der Waals surface area contributed by atoms with Crippen molar-refractivity contribution in [2.24, 2.45) is 0 Å². The third-order valence-electron chi connectivity index (χ3n) is 5.50. The lowest BCUT2D eigenvalue weighted by Gasteiger charge is -2.05. The molecule has 28 heavy (non-hydrogen) atoms. The Morgan fingerprint density at radius 1 is 0.536 bits per heavy atom. The first kappa shape index (κ1) is 25.4. The number of hydrogen-bond acceptors (Lipinski definition) is 3. The number of hydrazine groups is 1. The first-order valence-corrected chi connectivity index (χ1v) is 13.1. The third kappa shape index (κ3) is 17.4. The van der Waals surface area contributed by atoms with E-state index in [9.17, 15) is 0 Å². The van der Waals surface area contributed by atoms with Gasteiger partial charge >= 0.3 is 0 Å². The van der Waals surface area contributed by atoms with Crippen LogP contribution in [0.2, 0.25) is 0 Å². The average Bonchev–Trinajstić information content (AvgIpc) is 2.73. The molecule has 0 saturated carbocycles. The van der Waals surface area contributed by atoms with E-state index < -0.39 is 0 Å². The third-order valence-corrected chi connectivity index (χ3v) is 5.86. The molecule has 0 aliphatic carbocycles. The monoisotopic (exact) mass is 405 g/mol. The average molecular weight is 406 g/mol. The fourth-order valence-corrected chi connectivity index (χ4v) is 3.97. The quantitative estimate of drug-likeness (QED) is 0.153. The lowest BCUT2D eigenvalue weighted by Crippen LogP contribution is -2.29. The first-order chi connectivity index (χ1) is 13.9. The highest BCUT2D eigenvalue weighted by Gasteiger charge is 1.95. The molecule has 3 nitrogen and oxygen atoms in total. The van der Waals surface area contributed by atoms with Crippen molar-refractivity contribution in [1.29, 1.82) is 0 Å². The largest absolute Gasteiger partial charge is 0.313 e. The zero-order valence-electron chi connectivity index (χ0n) is 18.6. The van der Waals surface area contributed by atoms with E-state index in [4.69, 9.17) is 0 Å². The molecule has 0 atom stereocenters. The Morgan fingerprint density at radius 3 is 1.43 bits per heavy atom. The minimum atomic E-state index is 1.01. The molecule has 0 aliphatic heterocycles. The maximum atomic E-state index is 3.55. The lowest BCUT2D eigenvalue weighted by atomic mass is 10.0. The van der Waals surface area contributed by atoms with Crippen molar-refractivity contribution < 1.29 is 0 Å². The number of hydrogen-bond donors (Lipinski definition) is 3. The Kier molecular flexibility index (Phi) is 19.0. The normalized spacial score (nSPS) is 11.3. The van der Waals surface area contributed by atoms with Gasteiger partial charge in [-0.15, -0.1) is 0 Å². The Hall–Kier alpha value is -0.683. The summed E-state index contributed by atoms with van der Waals surface area (Å²) in [5.41, 5.74) is 4.61. The Labute approximate surface area is 178 Å². The van der Waals surface area contributed by atoms with E-state index in [1.54, 1.807) is 0 Å². The van der Waals surface area contributed by atoms with Gasteiger partial charge in [-0.25, -0.2) is 0 Å². The Bertz CT molecular complexity index is 414. The molecule has 0 fully saturated rings. The van der Waals surface area contributed by atoms with Crippen LogP contribution in [0.3, 0.4) is 0 Å². The van der Waals surface area contributed by atoms with Crippen LogP contribution in [0.1, 0.15) is 102 Å². The summed E-state index contributed by atoms with van der Waals surface area (Å²) in [6, 6.07) is 10.7. The topological polar surface area (TPSA) is 36.1 Å². The van der Waals surface area contributed by atoms with Gasteiger partial charge in [0, 0.05) is 13.1 Å². The fourth-order valence-electron chi connectivity index (χ4n) is 3.72. The van der Waals surface area contributed by atoms with Crippen molar-refractivity contribution >= 4 is 10.4 Å². The predicted molar refractivity (Wildman–Crippen MR) is 128 cm³/mol. The molecule has 3 N–H and O–H groups in total. The summed E-state index contributed by atoms with van der Waals surface area (Å²) in [6.45, 7) is 3.30. The van der Waals surface area contributed by atoms with Gasteiger partial charge in [-0.05, 0) is 24.9 Å². The smallest absolute Gasteiger partial charge is 0.0942 e.